The van der Waals surface area contributed by atoms with Gasteiger partial charge in [-0.1, -0.05) is 36.4 Å². The van der Waals surface area contributed by atoms with Gasteiger partial charge in [0.2, 0.25) is 0 Å². The molecule has 98 valence electrons. The summed E-state index contributed by atoms with van der Waals surface area (Å²) in [6.07, 6.45) is 0. The van der Waals surface area contributed by atoms with E-state index < -0.39 is 0 Å². The number of aromatic nitrogens is 4. The molecular formula is C14H12N6. The number of nitrogens with zero attached hydrogens (tertiary/aromatic N) is 4. The zero-order chi connectivity index (χ0) is 13.7. The van der Waals surface area contributed by atoms with Gasteiger partial charge in [-0.3, -0.25) is 0 Å². The summed E-state index contributed by atoms with van der Waals surface area (Å²) in [5.74, 6) is 12.0. The van der Waals surface area contributed by atoms with Crippen molar-refractivity contribution in [1.29, 1.82) is 0 Å². The van der Waals surface area contributed by atoms with Crippen molar-refractivity contribution in [2.75, 3.05) is 11.7 Å². The first kappa shape index (κ1) is 10.9. The van der Waals surface area contributed by atoms with E-state index in [4.69, 9.17) is 11.7 Å². The Morgan fingerprint density at radius 2 is 1.05 bits per heavy atom. The van der Waals surface area contributed by atoms with E-state index >= 15 is 0 Å². The molecule has 0 aliphatic rings. The second kappa shape index (κ2) is 3.74. The Hall–Kier alpha value is -3.02. The largest absolute Gasteiger partial charge is 0.323 e. The lowest BCUT2D eigenvalue weighted by Crippen LogP contribution is -2.17. The Morgan fingerprint density at radius 3 is 1.50 bits per heavy atom. The van der Waals surface area contributed by atoms with Crippen LogP contribution in [-0.4, -0.2) is 19.8 Å². The topological polar surface area (TPSA) is 87.7 Å². The van der Waals surface area contributed by atoms with Gasteiger partial charge in [-0.2, -0.15) is 19.8 Å². The highest BCUT2D eigenvalue weighted by molar-refractivity contribution is 6.01. The maximum absolute atomic E-state index is 6.01. The first-order valence-corrected chi connectivity index (χ1v) is 6.22. The molecule has 6 nitrogen and oxygen atoms in total. The normalized spacial score (nSPS) is 11.4. The van der Waals surface area contributed by atoms with Crippen molar-refractivity contribution < 1.29 is 0 Å². The molecular weight excluding hydrogens is 252 g/mol. The third kappa shape index (κ3) is 1.33. The van der Waals surface area contributed by atoms with Gasteiger partial charge < -0.3 is 11.7 Å². The number of nitrogens with two attached hydrogens (primary N) is 2. The number of nitrogen functional groups attached to an aromatic ring is 2. The second-order valence-electron chi connectivity index (χ2n) is 4.62. The summed E-state index contributed by atoms with van der Waals surface area (Å²) in [5.41, 5.74) is 3.18. The molecule has 0 spiro atoms. The van der Waals surface area contributed by atoms with Gasteiger partial charge in [0.05, 0.1) is 11.0 Å². The fourth-order valence-corrected chi connectivity index (χ4v) is 2.57. The van der Waals surface area contributed by atoms with Gasteiger partial charge in [0.25, 0.3) is 0 Å². The van der Waals surface area contributed by atoms with Crippen LogP contribution in [0, 0.1) is 0 Å². The zero-order valence-corrected chi connectivity index (χ0v) is 10.6. The zero-order valence-electron chi connectivity index (χ0n) is 10.6. The van der Waals surface area contributed by atoms with E-state index in [1.165, 1.54) is 9.58 Å². The molecule has 2 aromatic heterocycles. The molecule has 0 saturated heterocycles. The molecule has 0 unspecified atom stereocenters. The van der Waals surface area contributed by atoms with Crippen LogP contribution in [-0.2, 0) is 0 Å². The molecule has 0 bridgehead atoms. The summed E-state index contributed by atoms with van der Waals surface area (Å²) in [7, 11) is 0. The number of hydrogen-bond acceptors (Lipinski definition) is 4. The van der Waals surface area contributed by atoms with Gasteiger partial charge >= 0.3 is 0 Å². The molecule has 0 aliphatic heterocycles. The van der Waals surface area contributed by atoms with E-state index in [1.807, 2.05) is 48.5 Å². The standard InChI is InChI=1S/C14H12N6/c15-19-13(9-5-1-3-7-11(9)17-19)14-10-6-2-4-8-12(10)18-20(14)16/h1-8H,15-16H2. The SMILES string of the molecule is Nn1nc2ccccc2c1-c1c2ccccc2nn1N. The summed E-state index contributed by atoms with van der Waals surface area (Å²) < 4.78 is 0. The first-order chi connectivity index (χ1) is 9.75. The van der Waals surface area contributed by atoms with E-state index in [0.29, 0.717) is 0 Å². The van der Waals surface area contributed by atoms with E-state index in [2.05, 4.69) is 10.2 Å². The molecule has 0 fully saturated rings. The monoisotopic (exact) mass is 264 g/mol. The minimum atomic E-state index is 0.761. The molecule has 6 heteroatoms. The molecule has 0 amide bonds. The summed E-state index contributed by atoms with van der Waals surface area (Å²) in [6, 6.07) is 15.5. The maximum Gasteiger partial charge on any atom is 0.120 e. The summed E-state index contributed by atoms with van der Waals surface area (Å²) in [6.45, 7) is 0. The number of hydrogen-bond donors (Lipinski definition) is 2. The maximum atomic E-state index is 6.01. The van der Waals surface area contributed by atoms with Gasteiger partial charge in [0.1, 0.15) is 11.4 Å². The predicted molar refractivity (Wildman–Crippen MR) is 78.8 cm³/mol. The number of rotatable bonds is 1. The van der Waals surface area contributed by atoms with Gasteiger partial charge in [0.15, 0.2) is 0 Å². The summed E-state index contributed by atoms with van der Waals surface area (Å²) in [5, 5.41) is 10.5. The van der Waals surface area contributed by atoms with Crippen LogP contribution in [0.25, 0.3) is 33.2 Å². The lowest BCUT2D eigenvalue weighted by molar-refractivity contribution is 0.813. The Labute approximate surface area is 114 Å². The highest BCUT2D eigenvalue weighted by Crippen LogP contribution is 2.31. The fourth-order valence-electron chi connectivity index (χ4n) is 2.57. The molecule has 20 heavy (non-hydrogen) atoms. The third-order valence-corrected chi connectivity index (χ3v) is 3.43. The Bertz CT molecular complexity index is 855. The van der Waals surface area contributed by atoms with Crippen molar-refractivity contribution in [3.05, 3.63) is 48.5 Å². The van der Waals surface area contributed by atoms with Gasteiger partial charge in [-0.15, -0.1) is 0 Å². The minimum absolute atomic E-state index is 0.761. The third-order valence-electron chi connectivity index (χ3n) is 3.43. The quantitative estimate of drug-likeness (QED) is 0.510. The molecule has 0 saturated carbocycles. The minimum Gasteiger partial charge on any atom is -0.323 e. The van der Waals surface area contributed by atoms with Gasteiger partial charge in [-0.05, 0) is 12.1 Å². The average Bonchev–Trinajstić information content (AvgIpc) is 2.94. The van der Waals surface area contributed by atoms with Crippen molar-refractivity contribution in [2.24, 2.45) is 0 Å². The molecule has 2 heterocycles. The van der Waals surface area contributed by atoms with Crippen LogP contribution in [0.5, 0.6) is 0 Å². The van der Waals surface area contributed by atoms with Crippen LogP contribution in [0.15, 0.2) is 48.5 Å². The Morgan fingerprint density at radius 1 is 0.650 bits per heavy atom. The molecule has 0 aliphatic carbocycles. The van der Waals surface area contributed by atoms with E-state index in [1.54, 1.807) is 0 Å². The first-order valence-electron chi connectivity index (χ1n) is 6.22. The van der Waals surface area contributed by atoms with Crippen LogP contribution < -0.4 is 11.7 Å². The summed E-state index contributed by atoms with van der Waals surface area (Å²) in [4.78, 5) is 2.72. The average molecular weight is 264 g/mol. The molecule has 0 atom stereocenters. The molecule has 0 radical (unpaired) electrons. The van der Waals surface area contributed by atoms with Crippen LogP contribution in [0.1, 0.15) is 0 Å². The molecule has 4 N–H and O–H groups in total. The van der Waals surface area contributed by atoms with Gasteiger partial charge in [-0.25, -0.2) is 0 Å². The Kier molecular flexibility index (Phi) is 2.03. The van der Waals surface area contributed by atoms with Crippen LogP contribution in [0.4, 0.5) is 0 Å². The van der Waals surface area contributed by atoms with E-state index in [9.17, 15) is 0 Å². The van der Waals surface area contributed by atoms with Crippen molar-refractivity contribution >= 4 is 21.8 Å². The van der Waals surface area contributed by atoms with E-state index in [-0.39, 0.29) is 0 Å². The second-order valence-corrected chi connectivity index (χ2v) is 4.62. The van der Waals surface area contributed by atoms with Gasteiger partial charge in [0, 0.05) is 10.8 Å². The lowest BCUT2D eigenvalue weighted by atomic mass is 10.1. The van der Waals surface area contributed by atoms with Crippen LogP contribution in [0.2, 0.25) is 0 Å². The predicted octanol–water partition coefficient (Wildman–Crippen LogP) is 1.48. The smallest absolute Gasteiger partial charge is 0.120 e. The van der Waals surface area contributed by atoms with Crippen molar-refractivity contribution in [3.8, 4) is 11.4 Å². The van der Waals surface area contributed by atoms with Crippen molar-refractivity contribution in [2.45, 2.75) is 0 Å². The Balaban J connectivity index is 2.16. The van der Waals surface area contributed by atoms with Crippen molar-refractivity contribution in [1.82, 2.24) is 19.8 Å². The fraction of sp³-hybridized carbons (Fsp3) is 0. The summed E-state index contributed by atoms with van der Waals surface area (Å²) >= 11 is 0. The highest BCUT2D eigenvalue weighted by Gasteiger charge is 2.18. The molecule has 2 aromatic carbocycles. The van der Waals surface area contributed by atoms with Crippen molar-refractivity contribution in [3.63, 3.8) is 0 Å². The number of benzene rings is 2. The lowest BCUT2D eigenvalue weighted by Gasteiger charge is -2.03. The number of fused-ring (bicyclic) bond motifs is 2. The van der Waals surface area contributed by atoms with Crippen LogP contribution >= 0.6 is 0 Å². The van der Waals surface area contributed by atoms with Crippen LogP contribution in [0.3, 0.4) is 0 Å². The van der Waals surface area contributed by atoms with E-state index in [0.717, 1.165) is 33.2 Å². The molecule has 4 aromatic rings. The highest BCUT2D eigenvalue weighted by atomic mass is 15.5. The molecule has 4 rings (SSSR count).